The highest BCUT2D eigenvalue weighted by Crippen LogP contribution is 2.31. The molecule has 3 aromatic carbocycles. The molecular formula is C31H27N5O6S. The molecule has 11 nitrogen and oxygen atoms in total. The third-order valence-electron chi connectivity index (χ3n) is 6.64. The van der Waals surface area contributed by atoms with Crippen molar-refractivity contribution in [1.82, 2.24) is 14.5 Å². The number of amides is 1. The molecule has 0 fully saturated rings. The van der Waals surface area contributed by atoms with E-state index in [4.69, 9.17) is 4.74 Å². The molecule has 0 radical (unpaired) electrons. The van der Waals surface area contributed by atoms with Crippen LogP contribution in [-0.2, 0) is 26.6 Å². The van der Waals surface area contributed by atoms with Gasteiger partial charge in [0.2, 0.25) is 5.95 Å². The van der Waals surface area contributed by atoms with E-state index in [0.717, 1.165) is 5.56 Å². The molecule has 0 saturated heterocycles. The highest BCUT2D eigenvalue weighted by atomic mass is 32.2. The predicted octanol–water partition coefficient (Wildman–Crippen LogP) is 4.21. The molecule has 0 unspecified atom stereocenters. The molecule has 1 amide bonds. The van der Waals surface area contributed by atoms with E-state index in [-0.39, 0.29) is 27.8 Å². The zero-order valence-electron chi connectivity index (χ0n) is 23.5. The number of nitrogens with one attached hydrogen (secondary N) is 2. The first kappa shape index (κ1) is 29.1. The van der Waals surface area contributed by atoms with Crippen molar-refractivity contribution in [2.75, 3.05) is 16.6 Å². The number of hydrogen-bond donors (Lipinski definition) is 2. The number of benzene rings is 3. The van der Waals surface area contributed by atoms with E-state index in [9.17, 15) is 22.8 Å². The highest BCUT2D eigenvalue weighted by Gasteiger charge is 2.24. The van der Waals surface area contributed by atoms with E-state index >= 15 is 0 Å². The average Bonchev–Trinajstić information content (AvgIpc) is 2.98. The van der Waals surface area contributed by atoms with Crippen LogP contribution in [0.25, 0.3) is 21.9 Å². The molecule has 0 spiro atoms. The molecule has 0 aliphatic carbocycles. The lowest BCUT2D eigenvalue weighted by Crippen LogP contribution is -2.28. The smallest absolute Gasteiger partial charge is 0.356 e. The molecule has 2 aromatic heterocycles. The Hall–Kier alpha value is -5.36. The van der Waals surface area contributed by atoms with Gasteiger partial charge in [0.05, 0.1) is 4.90 Å². The molecule has 0 bridgehead atoms. The van der Waals surface area contributed by atoms with Gasteiger partial charge in [-0.2, -0.15) is 0 Å². The second kappa shape index (κ2) is 11.9. The summed E-state index contributed by atoms with van der Waals surface area (Å²) < 4.78 is 34.2. The summed E-state index contributed by atoms with van der Waals surface area (Å²) in [6.07, 6.45) is 1.44. The van der Waals surface area contributed by atoms with Crippen molar-refractivity contribution in [2.45, 2.75) is 18.7 Å². The monoisotopic (exact) mass is 597 g/mol. The SMILES string of the molecule is Cc1ccc(-c2c(C(=O)OCC(=O)Nc3ccc(S(=O)(=O)Nc4nccc(C)n4)cc3)n(C)c(=O)c3ccccc23)cc1. The normalized spacial score (nSPS) is 11.2. The number of carbonyl (C=O) groups is 2. The summed E-state index contributed by atoms with van der Waals surface area (Å²) in [6.45, 7) is 3.01. The Morgan fingerprint density at radius 3 is 2.26 bits per heavy atom. The largest absolute Gasteiger partial charge is 0.451 e. The van der Waals surface area contributed by atoms with Crippen molar-refractivity contribution in [3.05, 3.63) is 112 Å². The van der Waals surface area contributed by atoms with Gasteiger partial charge in [0.15, 0.2) is 6.61 Å². The average molecular weight is 598 g/mol. The summed E-state index contributed by atoms with van der Waals surface area (Å²) in [4.78, 5) is 47.0. The number of ether oxygens (including phenoxy) is 1. The molecule has 12 heteroatoms. The highest BCUT2D eigenvalue weighted by molar-refractivity contribution is 7.92. The van der Waals surface area contributed by atoms with Crippen LogP contribution in [0.2, 0.25) is 0 Å². The number of pyridine rings is 1. The fourth-order valence-corrected chi connectivity index (χ4v) is 5.46. The van der Waals surface area contributed by atoms with Crippen molar-refractivity contribution < 1.29 is 22.7 Å². The number of carbonyl (C=O) groups excluding carboxylic acids is 2. The maximum absolute atomic E-state index is 13.4. The number of fused-ring (bicyclic) bond motifs is 1. The quantitative estimate of drug-likeness (QED) is 0.253. The maximum atomic E-state index is 13.4. The molecule has 2 N–H and O–H groups in total. The molecule has 43 heavy (non-hydrogen) atoms. The number of esters is 1. The van der Waals surface area contributed by atoms with Crippen LogP contribution in [0.1, 0.15) is 21.7 Å². The Labute approximate surface area is 247 Å². The van der Waals surface area contributed by atoms with Crippen molar-refractivity contribution in [3.63, 3.8) is 0 Å². The minimum absolute atomic E-state index is 0.0139. The molecular weight excluding hydrogens is 570 g/mol. The number of nitrogens with zero attached hydrogens (tertiary/aromatic N) is 3. The molecule has 0 atom stereocenters. The third kappa shape index (κ3) is 6.28. The summed E-state index contributed by atoms with van der Waals surface area (Å²) >= 11 is 0. The zero-order valence-corrected chi connectivity index (χ0v) is 24.3. The predicted molar refractivity (Wildman–Crippen MR) is 162 cm³/mol. The first-order chi connectivity index (χ1) is 20.5. The van der Waals surface area contributed by atoms with E-state index in [1.807, 2.05) is 31.2 Å². The van der Waals surface area contributed by atoms with Gasteiger partial charge in [-0.3, -0.25) is 9.59 Å². The Balaban J connectivity index is 1.32. The summed E-state index contributed by atoms with van der Waals surface area (Å²) in [5.41, 5.74) is 2.78. The van der Waals surface area contributed by atoms with E-state index < -0.39 is 28.5 Å². The van der Waals surface area contributed by atoms with Gasteiger partial charge >= 0.3 is 5.97 Å². The third-order valence-corrected chi connectivity index (χ3v) is 7.98. The minimum atomic E-state index is -3.97. The van der Waals surface area contributed by atoms with Crippen molar-refractivity contribution in [1.29, 1.82) is 0 Å². The van der Waals surface area contributed by atoms with Gasteiger partial charge in [0.25, 0.3) is 21.5 Å². The van der Waals surface area contributed by atoms with Crippen LogP contribution in [0.3, 0.4) is 0 Å². The number of rotatable bonds is 8. The second-order valence-corrected chi connectivity index (χ2v) is 11.5. The number of aryl methyl sites for hydroxylation is 2. The molecule has 0 aliphatic heterocycles. The van der Waals surface area contributed by atoms with Crippen LogP contribution in [0.5, 0.6) is 0 Å². The Bertz CT molecular complexity index is 2020. The van der Waals surface area contributed by atoms with Gasteiger partial charge in [0, 0.05) is 35.6 Å². The first-order valence-electron chi connectivity index (χ1n) is 13.1. The Morgan fingerprint density at radius 1 is 0.907 bits per heavy atom. The van der Waals surface area contributed by atoms with E-state index in [1.165, 1.54) is 42.1 Å². The Kier molecular flexibility index (Phi) is 8.04. The molecule has 0 aliphatic rings. The first-order valence-corrected chi connectivity index (χ1v) is 14.6. The second-order valence-electron chi connectivity index (χ2n) is 9.78. The number of anilines is 2. The molecule has 0 saturated carbocycles. The van der Waals surface area contributed by atoms with Gasteiger partial charge in [-0.1, -0.05) is 48.0 Å². The van der Waals surface area contributed by atoms with Crippen LogP contribution < -0.4 is 15.6 Å². The summed E-state index contributed by atoms with van der Waals surface area (Å²) in [6, 6.07) is 21.6. The van der Waals surface area contributed by atoms with Gasteiger partial charge in [-0.15, -0.1) is 0 Å². The van der Waals surface area contributed by atoms with Crippen molar-refractivity contribution in [3.8, 4) is 11.1 Å². The van der Waals surface area contributed by atoms with Gasteiger partial charge in [-0.05, 0) is 61.2 Å². The number of sulfonamides is 1. The number of hydrogen-bond acceptors (Lipinski definition) is 8. The molecule has 2 heterocycles. The number of aromatic nitrogens is 3. The standard InChI is InChI=1S/C31H27N5O6S/c1-19-8-10-21(11-9-19)27-24-6-4-5-7-25(24)29(38)36(3)28(27)30(39)42-18-26(37)34-22-12-14-23(15-13-22)43(40,41)35-31-32-17-16-20(2)33-31/h4-17H,18H2,1-3H3,(H,34,37)(H,32,33,35). The Morgan fingerprint density at radius 2 is 1.58 bits per heavy atom. The molecule has 5 aromatic rings. The molecule has 5 rings (SSSR count). The van der Waals surface area contributed by atoms with Crippen LogP contribution in [-0.4, -0.2) is 41.4 Å². The summed E-state index contributed by atoms with van der Waals surface area (Å²) in [5, 5.41) is 3.60. The van der Waals surface area contributed by atoms with Crippen LogP contribution in [0, 0.1) is 13.8 Å². The van der Waals surface area contributed by atoms with E-state index in [2.05, 4.69) is 20.0 Å². The van der Waals surface area contributed by atoms with E-state index in [1.54, 1.807) is 37.3 Å². The zero-order chi connectivity index (χ0) is 30.7. The maximum Gasteiger partial charge on any atom is 0.356 e. The lowest BCUT2D eigenvalue weighted by Gasteiger charge is -2.17. The summed E-state index contributed by atoms with van der Waals surface area (Å²) in [7, 11) is -2.48. The summed E-state index contributed by atoms with van der Waals surface area (Å²) in [5.74, 6) is -1.56. The minimum Gasteiger partial charge on any atom is -0.451 e. The van der Waals surface area contributed by atoms with Crippen LogP contribution >= 0.6 is 0 Å². The van der Waals surface area contributed by atoms with Crippen LogP contribution in [0.4, 0.5) is 11.6 Å². The van der Waals surface area contributed by atoms with E-state index in [0.29, 0.717) is 27.6 Å². The fraction of sp³-hybridized carbons (Fsp3) is 0.129. The van der Waals surface area contributed by atoms with Crippen molar-refractivity contribution in [2.24, 2.45) is 7.05 Å². The van der Waals surface area contributed by atoms with Gasteiger partial charge in [-0.25, -0.2) is 27.9 Å². The van der Waals surface area contributed by atoms with Crippen LogP contribution in [0.15, 0.2) is 94.7 Å². The van der Waals surface area contributed by atoms with Gasteiger partial charge in [0.1, 0.15) is 5.69 Å². The lowest BCUT2D eigenvalue weighted by atomic mass is 9.96. The fourth-order valence-electron chi connectivity index (χ4n) is 4.51. The topological polar surface area (TPSA) is 149 Å². The molecule has 218 valence electrons. The van der Waals surface area contributed by atoms with Crippen molar-refractivity contribution >= 4 is 44.3 Å². The van der Waals surface area contributed by atoms with Gasteiger partial charge < -0.3 is 14.6 Å². The lowest BCUT2D eigenvalue weighted by molar-refractivity contribution is -0.119.